The maximum atomic E-state index is 9.55. The predicted octanol–water partition coefficient (Wildman–Crippen LogP) is 2.96. The lowest BCUT2D eigenvalue weighted by Gasteiger charge is -2.01. The molecule has 1 aromatic carbocycles. The Labute approximate surface area is 76.4 Å². The molecule has 2 heteroatoms. The summed E-state index contributed by atoms with van der Waals surface area (Å²) in [7, 11) is 0. The van der Waals surface area contributed by atoms with Crippen LogP contribution in [0.15, 0.2) is 41.0 Å². The molecule has 2 rings (SSSR count). The van der Waals surface area contributed by atoms with Crippen molar-refractivity contribution in [2.24, 2.45) is 0 Å². The van der Waals surface area contributed by atoms with E-state index < -0.39 is 0 Å². The van der Waals surface area contributed by atoms with Crippen molar-refractivity contribution in [1.29, 1.82) is 0 Å². The molecule has 0 saturated carbocycles. The molecule has 2 nitrogen and oxygen atoms in total. The average molecular weight is 174 g/mol. The SMILES string of the molecule is Cc1ccc(O)c(-c2ccco2)c1. The van der Waals surface area contributed by atoms with Crippen molar-refractivity contribution < 1.29 is 9.52 Å². The highest BCUT2D eigenvalue weighted by Crippen LogP contribution is 2.29. The van der Waals surface area contributed by atoms with Crippen LogP contribution in [0.1, 0.15) is 5.56 Å². The summed E-state index contributed by atoms with van der Waals surface area (Å²) in [5.41, 5.74) is 1.84. The number of phenols is 1. The Balaban J connectivity index is 2.57. The molecule has 13 heavy (non-hydrogen) atoms. The van der Waals surface area contributed by atoms with Gasteiger partial charge in [0.15, 0.2) is 0 Å². The van der Waals surface area contributed by atoms with Crippen LogP contribution in [-0.2, 0) is 0 Å². The van der Waals surface area contributed by atoms with Crippen molar-refractivity contribution in [3.05, 3.63) is 42.2 Å². The molecular formula is C11H10O2. The Hall–Kier alpha value is -1.70. The molecule has 0 bridgehead atoms. The smallest absolute Gasteiger partial charge is 0.137 e. The Bertz CT molecular complexity index is 402. The molecule has 0 aliphatic rings. The maximum absolute atomic E-state index is 9.55. The molecule has 0 unspecified atom stereocenters. The van der Waals surface area contributed by atoms with Gasteiger partial charge in [0.2, 0.25) is 0 Å². The number of aryl methyl sites for hydroxylation is 1. The highest BCUT2D eigenvalue weighted by molar-refractivity contribution is 5.65. The lowest BCUT2D eigenvalue weighted by atomic mass is 10.1. The van der Waals surface area contributed by atoms with Crippen molar-refractivity contribution >= 4 is 0 Å². The number of hydrogen-bond donors (Lipinski definition) is 1. The van der Waals surface area contributed by atoms with Gasteiger partial charge in [-0.2, -0.15) is 0 Å². The molecule has 0 atom stereocenters. The molecule has 0 aliphatic carbocycles. The number of rotatable bonds is 1. The second-order valence-electron chi connectivity index (χ2n) is 3.00. The van der Waals surface area contributed by atoms with Crippen LogP contribution in [0.3, 0.4) is 0 Å². The number of benzene rings is 1. The van der Waals surface area contributed by atoms with E-state index in [1.807, 2.05) is 25.1 Å². The van der Waals surface area contributed by atoms with Gasteiger partial charge in [-0.05, 0) is 31.2 Å². The zero-order chi connectivity index (χ0) is 9.26. The van der Waals surface area contributed by atoms with E-state index in [9.17, 15) is 5.11 Å². The average Bonchev–Trinajstić information content (AvgIpc) is 2.61. The van der Waals surface area contributed by atoms with E-state index >= 15 is 0 Å². The van der Waals surface area contributed by atoms with Gasteiger partial charge in [-0.15, -0.1) is 0 Å². The van der Waals surface area contributed by atoms with Crippen LogP contribution in [0.5, 0.6) is 5.75 Å². The Kier molecular flexibility index (Phi) is 1.81. The van der Waals surface area contributed by atoms with Crippen LogP contribution in [0.2, 0.25) is 0 Å². The fraction of sp³-hybridized carbons (Fsp3) is 0.0909. The van der Waals surface area contributed by atoms with E-state index in [-0.39, 0.29) is 5.75 Å². The summed E-state index contributed by atoms with van der Waals surface area (Å²) >= 11 is 0. The normalized spacial score (nSPS) is 10.2. The lowest BCUT2D eigenvalue weighted by molar-refractivity contribution is 0.473. The molecule has 0 amide bonds. The molecular weight excluding hydrogens is 164 g/mol. The van der Waals surface area contributed by atoms with Crippen molar-refractivity contribution in [2.75, 3.05) is 0 Å². The fourth-order valence-electron chi connectivity index (χ4n) is 1.28. The predicted molar refractivity (Wildman–Crippen MR) is 50.5 cm³/mol. The minimum absolute atomic E-state index is 0.251. The second-order valence-corrected chi connectivity index (χ2v) is 3.00. The zero-order valence-electron chi connectivity index (χ0n) is 7.32. The van der Waals surface area contributed by atoms with Gasteiger partial charge in [0.1, 0.15) is 11.5 Å². The van der Waals surface area contributed by atoms with E-state index in [0.29, 0.717) is 5.76 Å². The summed E-state index contributed by atoms with van der Waals surface area (Å²) in [5.74, 6) is 0.946. The fourth-order valence-corrected chi connectivity index (χ4v) is 1.28. The third kappa shape index (κ3) is 1.43. The zero-order valence-corrected chi connectivity index (χ0v) is 7.32. The van der Waals surface area contributed by atoms with Crippen molar-refractivity contribution in [3.63, 3.8) is 0 Å². The van der Waals surface area contributed by atoms with Crippen molar-refractivity contribution in [1.82, 2.24) is 0 Å². The number of hydrogen-bond acceptors (Lipinski definition) is 2. The Morgan fingerprint density at radius 3 is 2.77 bits per heavy atom. The number of phenolic OH excluding ortho intramolecular Hbond substituents is 1. The van der Waals surface area contributed by atoms with Gasteiger partial charge in [-0.1, -0.05) is 11.6 Å². The molecule has 2 aromatic rings. The summed E-state index contributed by atoms with van der Waals surface area (Å²) in [5, 5.41) is 9.55. The van der Waals surface area contributed by atoms with E-state index in [0.717, 1.165) is 11.1 Å². The van der Waals surface area contributed by atoms with Crippen LogP contribution in [-0.4, -0.2) is 5.11 Å². The van der Waals surface area contributed by atoms with E-state index in [1.165, 1.54) is 0 Å². The molecule has 0 radical (unpaired) electrons. The van der Waals surface area contributed by atoms with Crippen LogP contribution in [0.4, 0.5) is 0 Å². The van der Waals surface area contributed by atoms with Crippen LogP contribution in [0.25, 0.3) is 11.3 Å². The van der Waals surface area contributed by atoms with E-state index in [4.69, 9.17) is 4.42 Å². The molecule has 1 heterocycles. The lowest BCUT2D eigenvalue weighted by Crippen LogP contribution is -1.77. The largest absolute Gasteiger partial charge is 0.507 e. The van der Waals surface area contributed by atoms with E-state index in [2.05, 4.69) is 0 Å². The van der Waals surface area contributed by atoms with Gasteiger partial charge in [0, 0.05) is 0 Å². The first-order valence-electron chi connectivity index (χ1n) is 4.11. The highest BCUT2D eigenvalue weighted by Gasteiger charge is 2.05. The standard InChI is InChI=1S/C11H10O2/c1-8-4-5-10(12)9(7-8)11-3-2-6-13-11/h2-7,12H,1H3. The monoisotopic (exact) mass is 174 g/mol. The van der Waals surface area contributed by atoms with Gasteiger partial charge in [0.05, 0.1) is 11.8 Å². The topological polar surface area (TPSA) is 33.4 Å². The Morgan fingerprint density at radius 2 is 2.08 bits per heavy atom. The molecule has 1 N–H and O–H groups in total. The van der Waals surface area contributed by atoms with E-state index in [1.54, 1.807) is 18.4 Å². The third-order valence-electron chi connectivity index (χ3n) is 1.94. The molecule has 1 aromatic heterocycles. The molecule has 0 spiro atoms. The highest BCUT2D eigenvalue weighted by atomic mass is 16.3. The third-order valence-corrected chi connectivity index (χ3v) is 1.94. The number of furan rings is 1. The van der Waals surface area contributed by atoms with Gasteiger partial charge in [-0.3, -0.25) is 0 Å². The molecule has 0 saturated heterocycles. The second kappa shape index (κ2) is 2.98. The summed E-state index contributed by atoms with van der Waals surface area (Å²) in [6, 6.07) is 9.06. The van der Waals surface area contributed by atoms with Gasteiger partial charge in [-0.25, -0.2) is 0 Å². The molecule has 0 aliphatic heterocycles. The van der Waals surface area contributed by atoms with Gasteiger partial charge in [0.25, 0.3) is 0 Å². The van der Waals surface area contributed by atoms with Crippen LogP contribution < -0.4 is 0 Å². The quantitative estimate of drug-likeness (QED) is 0.721. The molecule has 0 fully saturated rings. The van der Waals surface area contributed by atoms with Gasteiger partial charge >= 0.3 is 0 Å². The van der Waals surface area contributed by atoms with Crippen LogP contribution in [0, 0.1) is 6.92 Å². The maximum Gasteiger partial charge on any atom is 0.137 e. The minimum Gasteiger partial charge on any atom is -0.507 e. The minimum atomic E-state index is 0.251. The first kappa shape index (κ1) is 7.92. The first-order chi connectivity index (χ1) is 6.27. The summed E-state index contributed by atoms with van der Waals surface area (Å²) in [6.45, 7) is 1.98. The number of aromatic hydroxyl groups is 1. The van der Waals surface area contributed by atoms with Crippen molar-refractivity contribution in [2.45, 2.75) is 6.92 Å². The Morgan fingerprint density at radius 1 is 1.23 bits per heavy atom. The molecule has 66 valence electrons. The first-order valence-corrected chi connectivity index (χ1v) is 4.11. The summed E-state index contributed by atoms with van der Waals surface area (Å²) in [6.07, 6.45) is 1.59. The van der Waals surface area contributed by atoms with Crippen molar-refractivity contribution in [3.8, 4) is 17.1 Å². The van der Waals surface area contributed by atoms with Crippen LogP contribution >= 0.6 is 0 Å². The summed E-state index contributed by atoms with van der Waals surface area (Å²) in [4.78, 5) is 0. The van der Waals surface area contributed by atoms with Gasteiger partial charge < -0.3 is 9.52 Å². The summed E-state index contributed by atoms with van der Waals surface area (Å²) < 4.78 is 5.20.